The van der Waals surface area contributed by atoms with Crippen LogP contribution >= 0.6 is 0 Å². The third-order valence-corrected chi connectivity index (χ3v) is 3.19. The summed E-state index contributed by atoms with van der Waals surface area (Å²) in [5.74, 6) is -1.05. The number of nitrogens with zero attached hydrogens (tertiary/aromatic N) is 3. The van der Waals surface area contributed by atoms with Crippen molar-refractivity contribution in [2.24, 2.45) is 0 Å². The molecule has 0 aliphatic rings. The van der Waals surface area contributed by atoms with E-state index in [9.17, 15) is 9.59 Å². The van der Waals surface area contributed by atoms with Gasteiger partial charge in [-0.25, -0.2) is 14.6 Å². The Morgan fingerprint density at radius 2 is 2.25 bits per heavy atom. The molecule has 0 aliphatic heterocycles. The van der Waals surface area contributed by atoms with Gasteiger partial charge in [-0.2, -0.15) is 0 Å². The summed E-state index contributed by atoms with van der Waals surface area (Å²) in [5, 5.41) is 11.5. The van der Waals surface area contributed by atoms with E-state index < -0.39 is 5.97 Å². The number of aromatic nitrogens is 2. The lowest BCUT2D eigenvalue weighted by Crippen LogP contribution is -2.43. The Bertz CT molecular complexity index is 458. The van der Waals surface area contributed by atoms with E-state index in [2.05, 4.69) is 17.2 Å². The Balaban J connectivity index is 2.35. The van der Waals surface area contributed by atoms with Crippen molar-refractivity contribution in [3.63, 3.8) is 0 Å². The van der Waals surface area contributed by atoms with Crippen LogP contribution in [0.25, 0.3) is 0 Å². The molecule has 0 saturated heterocycles. The molecule has 1 aromatic rings. The molecule has 1 aromatic heterocycles. The van der Waals surface area contributed by atoms with Crippen LogP contribution in [-0.2, 0) is 6.54 Å². The summed E-state index contributed by atoms with van der Waals surface area (Å²) in [6.45, 7) is 5.01. The normalized spacial score (nSPS) is 11.9. The lowest BCUT2D eigenvalue weighted by Gasteiger charge is -2.24. The Labute approximate surface area is 118 Å². The largest absolute Gasteiger partial charge is 0.476 e. The molecule has 1 atom stereocenters. The van der Waals surface area contributed by atoms with Crippen LogP contribution in [0.3, 0.4) is 0 Å². The van der Waals surface area contributed by atoms with Gasteiger partial charge in [0.15, 0.2) is 5.69 Å². The molecular weight excluding hydrogens is 260 g/mol. The summed E-state index contributed by atoms with van der Waals surface area (Å²) in [7, 11) is 1.77. The van der Waals surface area contributed by atoms with Gasteiger partial charge >= 0.3 is 12.0 Å². The highest BCUT2D eigenvalue weighted by Crippen LogP contribution is 2.03. The maximum absolute atomic E-state index is 11.9. The van der Waals surface area contributed by atoms with Crippen molar-refractivity contribution in [3.05, 3.63) is 18.2 Å². The fourth-order valence-electron chi connectivity index (χ4n) is 1.82. The van der Waals surface area contributed by atoms with Crippen molar-refractivity contribution in [1.29, 1.82) is 0 Å². The van der Waals surface area contributed by atoms with Gasteiger partial charge < -0.3 is 19.9 Å². The first-order valence-electron chi connectivity index (χ1n) is 6.71. The summed E-state index contributed by atoms with van der Waals surface area (Å²) in [5.41, 5.74) is 0.00464. The van der Waals surface area contributed by atoms with E-state index in [1.54, 1.807) is 16.5 Å². The minimum Gasteiger partial charge on any atom is -0.476 e. The zero-order chi connectivity index (χ0) is 15.1. The van der Waals surface area contributed by atoms with E-state index in [4.69, 9.17) is 5.11 Å². The number of urea groups is 1. The maximum atomic E-state index is 11.9. The molecule has 0 bridgehead atoms. The first-order valence-corrected chi connectivity index (χ1v) is 6.71. The molecule has 0 fully saturated rings. The van der Waals surface area contributed by atoms with Crippen LogP contribution in [0, 0.1) is 0 Å². The van der Waals surface area contributed by atoms with Crippen LogP contribution in [0.15, 0.2) is 12.5 Å². The van der Waals surface area contributed by atoms with Crippen LogP contribution in [0.4, 0.5) is 4.79 Å². The highest BCUT2D eigenvalue weighted by molar-refractivity contribution is 5.84. The molecule has 0 radical (unpaired) electrons. The fourth-order valence-corrected chi connectivity index (χ4v) is 1.82. The molecule has 2 amide bonds. The van der Waals surface area contributed by atoms with Crippen molar-refractivity contribution in [3.8, 4) is 0 Å². The number of hydrogen-bond donors (Lipinski definition) is 2. The van der Waals surface area contributed by atoms with E-state index >= 15 is 0 Å². The van der Waals surface area contributed by atoms with Gasteiger partial charge in [0.1, 0.15) is 0 Å². The number of carboxylic acids is 1. The molecule has 1 unspecified atom stereocenters. The van der Waals surface area contributed by atoms with Crippen molar-refractivity contribution in [1.82, 2.24) is 19.8 Å². The number of amides is 2. The summed E-state index contributed by atoms with van der Waals surface area (Å²) >= 11 is 0. The molecule has 1 heterocycles. The monoisotopic (exact) mass is 282 g/mol. The zero-order valence-electron chi connectivity index (χ0n) is 12.2. The summed E-state index contributed by atoms with van der Waals surface area (Å²) in [6.07, 6.45) is 4.89. The van der Waals surface area contributed by atoms with Crippen LogP contribution in [0.5, 0.6) is 0 Å². The Morgan fingerprint density at radius 3 is 2.80 bits per heavy atom. The molecule has 1 rings (SSSR count). The van der Waals surface area contributed by atoms with Crippen molar-refractivity contribution < 1.29 is 14.7 Å². The lowest BCUT2D eigenvalue weighted by atomic mass is 10.2. The van der Waals surface area contributed by atoms with Gasteiger partial charge in [0.2, 0.25) is 0 Å². The molecule has 0 saturated carbocycles. The van der Waals surface area contributed by atoms with Gasteiger partial charge in [-0.3, -0.25) is 0 Å². The molecular formula is C13H22N4O3. The van der Waals surface area contributed by atoms with E-state index in [0.29, 0.717) is 13.1 Å². The summed E-state index contributed by atoms with van der Waals surface area (Å²) in [6, 6.07) is 0.0800. The second-order valence-electron chi connectivity index (χ2n) is 4.78. The fraction of sp³-hybridized carbons (Fsp3) is 0.615. The Morgan fingerprint density at radius 1 is 1.55 bits per heavy atom. The third-order valence-electron chi connectivity index (χ3n) is 3.19. The Hall–Kier alpha value is -2.05. The van der Waals surface area contributed by atoms with E-state index in [1.165, 1.54) is 12.5 Å². The second kappa shape index (κ2) is 7.52. The third kappa shape index (κ3) is 4.56. The molecule has 20 heavy (non-hydrogen) atoms. The first-order chi connectivity index (χ1) is 9.45. The molecule has 0 aromatic carbocycles. The predicted octanol–water partition coefficient (Wildman–Crippen LogP) is 1.41. The summed E-state index contributed by atoms with van der Waals surface area (Å²) in [4.78, 5) is 28.0. The minimum atomic E-state index is -1.05. The van der Waals surface area contributed by atoms with Crippen LogP contribution in [0.2, 0.25) is 0 Å². The first kappa shape index (κ1) is 16.0. The second-order valence-corrected chi connectivity index (χ2v) is 4.78. The number of carboxylic acid groups (broad SMARTS) is 1. The number of carbonyl (C=O) groups excluding carboxylic acids is 1. The quantitative estimate of drug-likeness (QED) is 0.791. The minimum absolute atomic E-state index is 0.00464. The van der Waals surface area contributed by atoms with Crippen molar-refractivity contribution in [2.45, 2.75) is 39.3 Å². The Kier molecular flexibility index (Phi) is 6.02. The van der Waals surface area contributed by atoms with E-state index in [1.807, 2.05) is 6.92 Å². The van der Waals surface area contributed by atoms with E-state index in [0.717, 1.165) is 12.8 Å². The molecule has 7 heteroatoms. The molecule has 0 spiro atoms. The van der Waals surface area contributed by atoms with Crippen LogP contribution in [-0.4, -0.2) is 51.2 Å². The SMILES string of the molecule is CCCC(C)N(C)C(=O)NCCn1cnc(C(=O)O)c1. The number of aromatic carboxylic acids is 1. The lowest BCUT2D eigenvalue weighted by molar-refractivity contribution is 0.0691. The summed E-state index contributed by atoms with van der Waals surface area (Å²) < 4.78 is 1.64. The van der Waals surface area contributed by atoms with Crippen molar-refractivity contribution in [2.75, 3.05) is 13.6 Å². The van der Waals surface area contributed by atoms with Gasteiger partial charge in [-0.05, 0) is 13.3 Å². The number of hydrogen-bond acceptors (Lipinski definition) is 3. The average Bonchev–Trinajstić information content (AvgIpc) is 2.87. The predicted molar refractivity (Wildman–Crippen MR) is 74.7 cm³/mol. The zero-order valence-corrected chi connectivity index (χ0v) is 12.2. The standard InChI is InChI=1S/C13H22N4O3/c1-4-5-10(2)16(3)13(20)14-6-7-17-8-11(12(18)19)15-9-17/h8-10H,4-7H2,1-3H3,(H,14,20)(H,18,19). The molecule has 7 nitrogen and oxygen atoms in total. The number of rotatable bonds is 7. The molecule has 112 valence electrons. The number of carbonyl (C=O) groups is 2. The number of nitrogens with one attached hydrogen (secondary N) is 1. The smallest absolute Gasteiger partial charge is 0.356 e. The maximum Gasteiger partial charge on any atom is 0.356 e. The topological polar surface area (TPSA) is 87.5 Å². The highest BCUT2D eigenvalue weighted by Gasteiger charge is 2.14. The van der Waals surface area contributed by atoms with Gasteiger partial charge in [0.05, 0.1) is 6.33 Å². The van der Waals surface area contributed by atoms with Crippen LogP contribution < -0.4 is 5.32 Å². The van der Waals surface area contributed by atoms with Gasteiger partial charge in [-0.1, -0.05) is 13.3 Å². The average molecular weight is 282 g/mol. The molecule has 2 N–H and O–H groups in total. The van der Waals surface area contributed by atoms with Gasteiger partial charge in [-0.15, -0.1) is 0 Å². The van der Waals surface area contributed by atoms with Gasteiger partial charge in [0, 0.05) is 32.4 Å². The van der Waals surface area contributed by atoms with Crippen molar-refractivity contribution >= 4 is 12.0 Å². The highest BCUT2D eigenvalue weighted by atomic mass is 16.4. The van der Waals surface area contributed by atoms with Crippen LogP contribution in [0.1, 0.15) is 37.2 Å². The van der Waals surface area contributed by atoms with E-state index in [-0.39, 0.29) is 17.8 Å². The molecule has 0 aliphatic carbocycles. The van der Waals surface area contributed by atoms with Gasteiger partial charge in [0.25, 0.3) is 0 Å². The number of imidazole rings is 1.